The van der Waals surface area contributed by atoms with Crippen LogP contribution in [0.1, 0.15) is 36.7 Å². The monoisotopic (exact) mass is 378 g/mol. The van der Waals surface area contributed by atoms with Crippen LogP contribution in [0, 0.1) is 0 Å². The number of nitrogens with zero attached hydrogens (tertiary/aromatic N) is 2. The van der Waals surface area contributed by atoms with Gasteiger partial charge in [0.2, 0.25) is 0 Å². The molecule has 1 N–H and O–H groups in total. The number of ether oxygens (including phenoxy) is 1. The summed E-state index contributed by atoms with van der Waals surface area (Å²) < 4.78 is 5.54. The van der Waals surface area contributed by atoms with Gasteiger partial charge in [0.15, 0.2) is 0 Å². The third-order valence-corrected chi connectivity index (χ3v) is 4.01. The van der Waals surface area contributed by atoms with Gasteiger partial charge in [0.25, 0.3) is 0 Å². The summed E-state index contributed by atoms with van der Waals surface area (Å²) in [4.78, 5) is 30.6. The standard InChI is InChI=1S/C22H22N2O4/c1-22(2,3)28-21(27)24(14-15-9-5-4-6-10-15)19-13-17(20(25)26)16-11-7-8-12-18(16)23-19/h4-13H,14H2,1-3H3,(H,25,26). The maximum Gasteiger partial charge on any atom is 0.416 e. The average Bonchev–Trinajstić information content (AvgIpc) is 2.64. The lowest BCUT2D eigenvalue weighted by molar-refractivity contribution is 0.0574. The van der Waals surface area contributed by atoms with Crippen molar-refractivity contribution >= 4 is 28.8 Å². The van der Waals surface area contributed by atoms with Gasteiger partial charge in [-0.05, 0) is 38.5 Å². The quantitative estimate of drug-likeness (QED) is 0.700. The van der Waals surface area contributed by atoms with Crippen molar-refractivity contribution in [2.24, 2.45) is 0 Å². The molecule has 6 nitrogen and oxygen atoms in total. The molecule has 0 fully saturated rings. The van der Waals surface area contributed by atoms with Crippen molar-refractivity contribution in [1.29, 1.82) is 0 Å². The molecule has 0 aliphatic heterocycles. The van der Waals surface area contributed by atoms with E-state index >= 15 is 0 Å². The van der Waals surface area contributed by atoms with E-state index in [1.54, 1.807) is 45.0 Å². The van der Waals surface area contributed by atoms with Crippen molar-refractivity contribution in [1.82, 2.24) is 4.98 Å². The number of aromatic nitrogens is 1. The molecule has 2 aromatic carbocycles. The van der Waals surface area contributed by atoms with Crippen LogP contribution in [0.2, 0.25) is 0 Å². The Kier molecular flexibility index (Phi) is 5.31. The molecule has 1 amide bonds. The molecule has 0 saturated carbocycles. The van der Waals surface area contributed by atoms with Crippen LogP contribution >= 0.6 is 0 Å². The molecule has 0 saturated heterocycles. The van der Waals surface area contributed by atoms with Gasteiger partial charge >= 0.3 is 12.1 Å². The Labute approximate surface area is 163 Å². The summed E-state index contributed by atoms with van der Waals surface area (Å²) in [6.07, 6.45) is -0.588. The van der Waals surface area contributed by atoms with Crippen LogP contribution < -0.4 is 4.90 Å². The second kappa shape index (κ2) is 7.68. The number of carbonyl (C=O) groups is 2. The van der Waals surface area contributed by atoms with Crippen LogP contribution in [0.25, 0.3) is 10.9 Å². The van der Waals surface area contributed by atoms with E-state index in [0.29, 0.717) is 10.9 Å². The van der Waals surface area contributed by atoms with E-state index in [1.807, 2.05) is 30.3 Å². The largest absolute Gasteiger partial charge is 0.478 e. The molecule has 3 rings (SSSR count). The van der Waals surface area contributed by atoms with Crippen LogP contribution in [0.4, 0.5) is 10.6 Å². The number of para-hydroxylation sites is 1. The number of carboxylic acids is 1. The highest BCUT2D eigenvalue weighted by atomic mass is 16.6. The molecule has 0 aliphatic carbocycles. The maximum absolute atomic E-state index is 12.9. The van der Waals surface area contributed by atoms with Gasteiger partial charge < -0.3 is 9.84 Å². The SMILES string of the molecule is CC(C)(C)OC(=O)N(Cc1ccccc1)c1cc(C(=O)O)c2ccccc2n1. The van der Waals surface area contributed by atoms with Gasteiger partial charge in [-0.25, -0.2) is 14.6 Å². The Balaban J connectivity index is 2.11. The number of aromatic carboxylic acids is 1. The molecule has 6 heteroatoms. The van der Waals surface area contributed by atoms with Gasteiger partial charge in [0.05, 0.1) is 17.6 Å². The second-order valence-electron chi connectivity index (χ2n) is 7.40. The topological polar surface area (TPSA) is 79.7 Å². The molecule has 1 aromatic heterocycles. The summed E-state index contributed by atoms with van der Waals surface area (Å²) in [5, 5.41) is 10.2. The normalized spacial score (nSPS) is 11.2. The van der Waals surface area contributed by atoms with Gasteiger partial charge in [0.1, 0.15) is 11.4 Å². The molecule has 0 atom stereocenters. The van der Waals surface area contributed by atoms with E-state index in [2.05, 4.69) is 4.98 Å². The number of amides is 1. The Hall–Kier alpha value is -3.41. The number of hydrogen-bond acceptors (Lipinski definition) is 4. The fraction of sp³-hybridized carbons (Fsp3) is 0.227. The van der Waals surface area contributed by atoms with E-state index in [1.165, 1.54) is 11.0 Å². The second-order valence-corrected chi connectivity index (χ2v) is 7.40. The van der Waals surface area contributed by atoms with Crippen molar-refractivity contribution in [2.45, 2.75) is 32.9 Å². The summed E-state index contributed by atoms with van der Waals surface area (Å²) in [6.45, 7) is 5.55. The Bertz CT molecular complexity index is 1010. The van der Waals surface area contributed by atoms with Crippen LogP contribution in [0.5, 0.6) is 0 Å². The van der Waals surface area contributed by atoms with E-state index in [9.17, 15) is 14.7 Å². The first-order valence-corrected chi connectivity index (χ1v) is 8.92. The zero-order chi connectivity index (χ0) is 20.3. The van der Waals surface area contributed by atoms with Gasteiger partial charge in [-0.1, -0.05) is 48.5 Å². The molecular weight excluding hydrogens is 356 g/mol. The number of hydrogen-bond donors (Lipinski definition) is 1. The fourth-order valence-electron chi connectivity index (χ4n) is 2.80. The molecule has 0 radical (unpaired) electrons. The molecular formula is C22H22N2O4. The van der Waals surface area contributed by atoms with Crippen LogP contribution in [0.3, 0.4) is 0 Å². The molecule has 144 valence electrons. The van der Waals surface area contributed by atoms with Gasteiger partial charge in [-0.15, -0.1) is 0 Å². The van der Waals surface area contributed by atoms with Crippen molar-refractivity contribution in [3.63, 3.8) is 0 Å². The average molecular weight is 378 g/mol. The lowest BCUT2D eigenvalue weighted by atomic mass is 10.1. The molecule has 0 spiro atoms. The zero-order valence-electron chi connectivity index (χ0n) is 16.0. The van der Waals surface area contributed by atoms with Crippen LogP contribution in [-0.4, -0.2) is 27.8 Å². The molecule has 0 unspecified atom stereocenters. The fourth-order valence-corrected chi connectivity index (χ4v) is 2.80. The number of carboxylic acid groups (broad SMARTS) is 1. The first-order valence-electron chi connectivity index (χ1n) is 8.92. The van der Waals surface area contributed by atoms with Gasteiger partial charge in [-0.2, -0.15) is 0 Å². The van der Waals surface area contributed by atoms with Crippen molar-refractivity contribution in [3.05, 3.63) is 71.8 Å². The van der Waals surface area contributed by atoms with Crippen molar-refractivity contribution < 1.29 is 19.4 Å². The van der Waals surface area contributed by atoms with Gasteiger partial charge in [-0.3, -0.25) is 4.90 Å². The number of carbonyl (C=O) groups excluding carboxylic acids is 1. The van der Waals surface area contributed by atoms with Gasteiger partial charge in [0, 0.05) is 5.39 Å². The molecule has 0 bridgehead atoms. The number of benzene rings is 2. The zero-order valence-corrected chi connectivity index (χ0v) is 16.0. The Morgan fingerprint density at radius 1 is 1.04 bits per heavy atom. The van der Waals surface area contributed by atoms with E-state index in [4.69, 9.17) is 4.74 Å². The first-order chi connectivity index (χ1) is 13.2. The predicted octanol–water partition coefficient (Wildman–Crippen LogP) is 4.87. The van der Waals surface area contributed by atoms with Crippen LogP contribution in [-0.2, 0) is 11.3 Å². The summed E-state index contributed by atoms with van der Waals surface area (Å²) >= 11 is 0. The lowest BCUT2D eigenvalue weighted by Gasteiger charge is -2.27. The highest BCUT2D eigenvalue weighted by Gasteiger charge is 2.26. The number of rotatable bonds is 4. The van der Waals surface area contributed by atoms with E-state index in [-0.39, 0.29) is 17.9 Å². The summed E-state index contributed by atoms with van der Waals surface area (Å²) in [5.41, 5.74) is 0.764. The third-order valence-electron chi connectivity index (χ3n) is 4.01. The summed E-state index contributed by atoms with van der Waals surface area (Å²) in [7, 11) is 0. The molecule has 28 heavy (non-hydrogen) atoms. The Morgan fingerprint density at radius 2 is 1.68 bits per heavy atom. The minimum atomic E-state index is -1.08. The Morgan fingerprint density at radius 3 is 2.32 bits per heavy atom. The maximum atomic E-state index is 12.9. The van der Waals surface area contributed by atoms with Crippen molar-refractivity contribution in [2.75, 3.05) is 4.90 Å². The minimum absolute atomic E-state index is 0.0854. The summed E-state index contributed by atoms with van der Waals surface area (Å²) in [5.74, 6) is -0.849. The first kappa shape index (κ1) is 19.4. The molecule has 1 heterocycles. The van der Waals surface area contributed by atoms with Crippen molar-refractivity contribution in [3.8, 4) is 0 Å². The highest BCUT2D eigenvalue weighted by Crippen LogP contribution is 2.26. The number of fused-ring (bicyclic) bond motifs is 1. The lowest BCUT2D eigenvalue weighted by Crippen LogP contribution is -2.37. The van der Waals surface area contributed by atoms with E-state index in [0.717, 1.165) is 5.56 Å². The highest BCUT2D eigenvalue weighted by molar-refractivity contribution is 6.04. The summed E-state index contributed by atoms with van der Waals surface area (Å²) in [6, 6.07) is 17.8. The number of pyridine rings is 1. The minimum Gasteiger partial charge on any atom is -0.478 e. The molecule has 0 aliphatic rings. The third kappa shape index (κ3) is 4.46. The van der Waals surface area contributed by atoms with E-state index < -0.39 is 17.7 Å². The number of anilines is 1. The predicted molar refractivity (Wildman–Crippen MR) is 108 cm³/mol. The smallest absolute Gasteiger partial charge is 0.416 e. The molecule has 3 aromatic rings. The van der Waals surface area contributed by atoms with Crippen LogP contribution in [0.15, 0.2) is 60.7 Å².